The molecule has 0 aliphatic rings. The summed E-state index contributed by atoms with van der Waals surface area (Å²) in [6.07, 6.45) is 0. The number of methoxy groups -OCH3 is 1. The topological polar surface area (TPSA) is 21.3 Å². The third kappa shape index (κ3) is 3.99. The molecule has 1 N–H and O–H groups in total. The van der Waals surface area contributed by atoms with Gasteiger partial charge in [0.25, 0.3) is 0 Å². The molecule has 0 unspecified atom stereocenters. The average Bonchev–Trinajstić information content (AvgIpc) is 2.37. The molecule has 0 spiro atoms. The van der Waals surface area contributed by atoms with E-state index >= 15 is 0 Å². The summed E-state index contributed by atoms with van der Waals surface area (Å²) in [7, 11) is 1.72. The maximum absolute atomic E-state index is 5.14. The second-order valence-electron chi connectivity index (χ2n) is 4.12. The highest BCUT2D eigenvalue weighted by Gasteiger charge is 1.97. The first-order valence-electron chi connectivity index (χ1n) is 5.84. The van der Waals surface area contributed by atoms with Gasteiger partial charge in [0, 0.05) is 22.9 Å². The molecule has 2 aromatic carbocycles. The second-order valence-corrected chi connectivity index (χ2v) is 5.36. The van der Waals surface area contributed by atoms with Crippen LogP contribution in [0.15, 0.2) is 48.5 Å². The Bertz CT molecular complexity index is 513. The zero-order valence-electron chi connectivity index (χ0n) is 10.3. The van der Waals surface area contributed by atoms with Crippen molar-refractivity contribution in [1.29, 1.82) is 0 Å². The van der Waals surface area contributed by atoms with Crippen LogP contribution in [-0.2, 0) is 17.9 Å². The molecule has 0 bridgehead atoms. The fraction of sp³-hybridized carbons (Fsp3) is 0.200. The number of benzene rings is 2. The molecule has 0 amide bonds. The summed E-state index contributed by atoms with van der Waals surface area (Å²) >= 11 is 2.32. The van der Waals surface area contributed by atoms with Crippen molar-refractivity contribution in [1.82, 2.24) is 0 Å². The van der Waals surface area contributed by atoms with Gasteiger partial charge in [-0.3, -0.25) is 0 Å². The van der Waals surface area contributed by atoms with Gasteiger partial charge in [-0.25, -0.2) is 0 Å². The molecule has 94 valence electrons. The van der Waals surface area contributed by atoms with Crippen LogP contribution in [0.1, 0.15) is 11.1 Å². The molecule has 2 rings (SSSR count). The van der Waals surface area contributed by atoms with E-state index < -0.39 is 0 Å². The molecule has 0 fully saturated rings. The fourth-order valence-corrected chi connectivity index (χ4v) is 2.34. The zero-order valence-corrected chi connectivity index (χ0v) is 12.5. The quantitative estimate of drug-likeness (QED) is 0.819. The van der Waals surface area contributed by atoms with Crippen molar-refractivity contribution < 1.29 is 4.74 Å². The number of hydrogen-bond donors (Lipinski definition) is 1. The van der Waals surface area contributed by atoms with Crippen molar-refractivity contribution in [3.05, 3.63) is 63.2 Å². The van der Waals surface area contributed by atoms with Gasteiger partial charge in [0.1, 0.15) is 0 Å². The lowest BCUT2D eigenvalue weighted by atomic mass is 10.1. The van der Waals surface area contributed by atoms with Gasteiger partial charge < -0.3 is 10.1 Å². The van der Waals surface area contributed by atoms with Gasteiger partial charge in [-0.15, -0.1) is 0 Å². The molecular formula is C15H16INO. The minimum Gasteiger partial charge on any atom is -0.381 e. The molecule has 0 saturated carbocycles. The number of nitrogens with one attached hydrogen (secondary N) is 1. The first-order valence-corrected chi connectivity index (χ1v) is 6.92. The molecule has 2 nitrogen and oxygen atoms in total. The maximum atomic E-state index is 5.14. The predicted octanol–water partition coefficient (Wildman–Crippen LogP) is 4.05. The van der Waals surface area contributed by atoms with Crippen LogP contribution in [-0.4, -0.2) is 7.11 Å². The summed E-state index contributed by atoms with van der Waals surface area (Å²) in [6.45, 7) is 1.49. The summed E-state index contributed by atoms with van der Waals surface area (Å²) in [5, 5.41) is 3.43. The van der Waals surface area contributed by atoms with Crippen molar-refractivity contribution in [2.75, 3.05) is 12.4 Å². The highest BCUT2D eigenvalue weighted by molar-refractivity contribution is 14.1. The number of anilines is 1. The molecule has 0 saturated heterocycles. The summed E-state index contributed by atoms with van der Waals surface area (Å²) in [5.41, 5.74) is 3.63. The summed E-state index contributed by atoms with van der Waals surface area (Å²) in [6, 6.07) is 16.8. The highest BCUT2D eigenvalue weighted by atomic mass is 127. The van der Waals surface area contributed by atoms with Crippen molar-refractivity contribution in [2.45, 2.75) is 13.2 Å². The van der Waals surface area contributed by atoms with E-state index in [4.69, 9.17) is 4.74 Å². The van der Waals surface area contributed by atoms with Gasteiger partial charge in [-0.2, -0.15) is 0 Å². The number of halogens is 1. The molecule has 0 radical (unpaired) electrons. The number of rotatable bonds is 5. The van der Waals surface area contributed by atoms with Crippen LogP contribution in [0.2, 0.25) is 0 Å². The van der Waals surface area contributed by atoms with Gasteiger partial charge in [0.15, 0.2) is 0 Å². The van der Waals surface area contributed by atoms with Crippen LogP contribution >= 0.6 is 22.6 Å². The van der Waals surface area contributed by atoms with Crippen molar-refractivity contribution >= 4 is 28.3 Å². The van der Waals surface area contributed by atoms with E-state index in [0.29, 0.717) is 6.61 Å². The largest absolute Gasteiger partial charge is 0.381 e. The van der Waals surface area contributed by atoms with Gasteiger partial charge in [-0.1, -0.05) is 30.3 Å². The SMILES string of the molecule is COCc1cccc(CNc2cccc(I)c2)c1. The highest BCUT2D eigenvalue weighted by Crippen LogP contribution is 2.14. The Morgan fingerprint density at radius 2 is 1.83 bits per heavy atom. The first-order chi connectivity index (χ1) is 8.78. The molecule has 3 heteroatoms. The van der Waals surface area contributed by atoms with E-state index in [2.05, 4.69) is 76.4 Å². The fourth-order valence-electron chi connectivity index (χ4n) is 1.80. The van der Waals surface area contributed by atoms with Gasteiger partial charge >= 0.3 is 0 Å². The van der Waals surface area contributed by atoms with Gasteiger partial charge in [0.05, 0.1) is 6.61 Å². The molecule has 0 heterocycles. The Labute approximate surface area is 122 Å². The van der Waals surface area contributed by atoms with E-state index in [1.807, 2.05) is 0 Å². The third-order valence-electron chi connectivity index (χ3n) is 2.62. The van der Waals surface area contributed by atoms with E-state index in [1.54, 1.807) is 7.11 Å². The zero-order chi connectivity index (χ0) is 12.8. The van der Waals surface area contributed by atoms with Crippen LogP contribution in [0, 0.1) is 3.57 Å². The Hall–Kier alpha value is -1.07. The Morgan fingerprint density at radius 3 is 2.61 bits per heavy atom. The normalized spacial score (nSPS) is 10.3. The van der Waals surface area contributed by atoms with Crippen molar-refractivity contribution in [3.63, 3.8) is 0 Å². The minimum atomic E-state index is 0.664. The third-order valence-corrected chi connectivity index (χ3v) is 3.29. The standard InChI is InChI=1S/C15H16INO/c1-18-11-13-5-2-4-12(8-13)10-17-15-7-3-6-14(16)9-15/h2-9,17H,10-11H2,1H3. The van der Waals surface area contributed by atoms with Crippen LogP contribution in [0.4, 0.5) is 5.69 Å². The van der Waals surface area contributed by atoms with Gasteiger partial charge in [-0.05, 0) is 51.9 Å². The summed E-state index contributed by atoms with van der Waals surface area (Å²) in [4.78, 5) is 0. The predicted molar refractivity (Wildman–Crippen MR) is 83.6 cm³/mol. The summed E-state index contributed by atoms with van der Waals surface area (Å²) in [5.74, 6) is 0. The van der Waals surface area contributed by atoms with Crippen LogP contribution in [0.25, 0.3) is 0 Å². The lowest BCUT2D eigenvalue weighted by molar-refractivity contribution is 0.185. The smallest absolute Gasteiger partial charge is 0.0713 e. The molecule has 0 aliphatic carbocycles. The van der Waals surface area contributed by atoms with Crippen molar-refractivity contribution in [2.24, 2.45) is 0 Å². The summed E-state index contributed by atoms with van der Waals surface area (Å²) < 4.78 is 6.38. The molecule has 0 aromatic heterocycles. The average molecular weight is 353 g/mol. The lowest BCUT2D eigenvalue weighted by Gasteiger charge is -2.08. The van der Waals surface area contributed by atoms with Crippen LogP contribution < -0.4 is 5.32 Å². The molecule has 0 atom stereocenters. The number of ether oxygens (including phenoxy) is 1. The van der Waals surface area contributed by atoms with Crippen LogP contribution in [0.3, 0.4) is 0 Å². The van der Waals surface area contributed by atoms with E-state index in [1.165, 1.54) is 14.7 Å². The Balaban J connectivity index is 1.99. The number of hydrogen-bond acceptors (Lipinski definition) is 2. The van der Waals surface area contributed by atoms with E-state index in [0.717, 1.165) is 12.2 Å². The minimum absolute atomic E-state index is 0.664. The lowest BCUT2D eigenvalue weighted by Crippen LogP contribution is -2.00. The first kappa shape index (κ1) is 13.4. The second kappa shape index (κ2) is 6.75. The molecular weight excluding hydrogens is 337 g/mol. The Kier molecular flexibility index (Phi) is 5.01. The van der Waals surface area contributed by atoms with Crippen LogP contribution in [0.5, 0.6) is 0 Å². The molecule has 18 heavy (non-hydrogen) atoms. The maximum Gasteiger partial charge on any atom is 0.0713 e. The van der Waals surface area contributed by atoms with Gasteiger partial charge in [0.2, 0.25) is 0 Å². The molecule has 2 aromatic rings. The van der Waals surface area contributed by atoms with E-state index in [9.17, 15) is 0 Å². The van der Waals surface area contributed by atoms with E-state index in [-0.39, 0.29) is 0 Å². The molecule has 0 aliphatic heterocycles. The Morgan fingerprint density at radius 1 is 1.06 bits per heavy atom. The van der Waals surface area contributed by atoms with Crippen molar-refractivity contribution in [3.8, 4) is 0 Å². The monoisotopic (exact) mass is 353 g/mol.